The first-order chi connectivity index (χ1) is 18.9. The molecule has 196 valence electrons. The van der Waals surface area contributed by atoms with Gasteiger partial charge in [0.2, 0.25) is 22.4 Å². The van der Waals surface area contributed by atoms with Crippen LogP contribution in [0.15, 0.2) is 21.7 Å². The fourth-order valence-corrected chi connectivity index (χ4v) is 7.05. The predicted molar refractivity (Wildman–Crippen MR) is 149 cm³/mol. The molecule has 0 aliphatic carbocycles. The summed E-state index contributed by atoms with van der Waals surface area (Å²) in [6, 6.07) is 2.73. The van der Waals surface area contributed by atoms with Crippen molar-refractivity contribution >= 4 is 75.4 Å². The lowest BCUT2D eigenvalue weighted by Crippen LogP contribution is -2.10. The van der Waals surface area contributed by atoms with Crippen molar-refractivity contribution in [2.75, 3.05) is 0 Å². The highest BCUT2D eigenvalue weighted by atomic mass is 16.3. The van der Waals surface area contributed by atoms with E-state index in [1.807, 2.05) is 0 Å². The number of hydrogen-bond acceptors (Lipinski definition) is 10. The van der Waals surface area contributed by atoms with E-state index < -0.39 is 67.6 Å². The minimum atomic E-state index is -1.10. The van der Waals surface area contributed by atoms with Crippen LogP contribution in [-0.2, 0) is 0 Å². The molecule has 10 nitrogen and oxygen atoms in total. The van der Waals surface area contributed by atoms with E-state index in [4.69, 9.17) is 0 Å². The van der Waals surface area contributed by atoms with Gasteiger partial charge in [-0.05, 0) is 47.9 Å². The van der Waals surface area contributed by atoms with Crippen LogP contribution < -0.4 is 10.9 Å². The molecule has 0 unspecified atom stereocenters. The molecule has 10 heteroatoms. The second kappa shape index (κ2) is 6.32. The van der Waals surface area contributed by atoms with Crippen LogP contribution in [0, 0.1) is 13.8 Å². The van der Waals surface area contributed by atoms with Crippen LogP contribution in [-0.4, -0.2) is 40.9 Å². The summed E-state index contributed by atoms with van der Waals surface area (Å²) in [6.07, 6.45) is 0. The normalized spacial score (nSPS) is 12.8. The zero-order chi connectivity index (χ0) is 28.4. The monoisotopic (exact) mass is 536 g/mol. The molecule has 8 N–H and O–H groups in total. The number of fused-ring (bicyclic) bond motifs is 2. The first kappa shape index (κ1) is 22.4. The number of benzene rings is 8. The molecule has 40 heavy (non-hydrogen) atoms. The van der Waals surface area contributed by atoms with Gasteiger partial charge in [0.25, 0.3) is 0 Å². The Morgan fingerprint density at radius 1 is 0.350 bits per heavy atom. The molecule has 0 bridgehead atoms. The van der Waals surface area contributed by atoms with Gasteiger partial charge < -0.3 is 40.9 Å². The van der Waals surface area contributed by atoms with E-state index in [1.54, 1.807) is 13.8 Å². The highest BCUT2D eigenvalue weighted by molar-refractivity contribution is 6.51. The van der Waals surface area contributed by atoms with Crippen LogP contribution in [0.1, 0.15) is 11.1 Å². The minimum absolute atomic E-state index is 0.114. The van der Waals surface area contributed by atoms with Gasteiger partial charge in [0.1, 0.15) is 11.5 Å². The number of rotatable bonds is 0. The van der Waals surface area contributed by atoms with Crippen molar-refractivity contribution in [3.8, 4) is 46.0 Å². The zero-order valence-corrected chi connectivity index (χ0v) is 20.5. The molecule has 0 atom stereocenters. The topological polar surface area (TPSA) is 196 Å². The molecule has 8 aromatic rings. The molecule has 8 aromatic carbocycles. The lowest BCUT2D eigenvalue weighted by atomic mass is 9.77. The van der Waals surface area contributed by atoms with Crippen molar-refractivity contribution in [1.82, 2.24) is 0 Å². The average Bonchev–Trinajstić information content (AvgIpc) is 2.89. The first-order valence-electron chi connectivity index (χ1n) is 12.1. The summed E-state index contributed by atoms with van der Waals surface area (Å²) in [4.78, 5) is 27.9. The molecule has 0 heterocycles. The molecular weight excluding hydrogens is 520 g/mol. The summed E-state index contributed by atoms with van der Waals surface area (Å²) in [5.74, 6) is -6.88. The van der Waals surface area contributed by atoms with Gasteiger partial charge in [-0.3, -0.25) is 9.59 Å². The third kappa shape index (κ3) is 1.99. The standard InChI is InChI=1S/C30H16O10/c1-5-3-7(31)11-13-9(5)10-6(2)4-8(32)12-14(10)16-15(13)17-19(25(35)29(39)27(37)21(17)23(11)33)20-18(16)22(24(12)34)28(38)30(40)26(20)36/h3-4,31-32,35-40H,1-2H3. The quantitative estimate of drug-likeness (QED) is 0.0776. The van der Waals surface area contributed by atoms with Crippen LogP contribution in [0.4, 0.5) is 0 Å². The number of aryl methyl sites for hydroxylation is 2. The van der Waals surface area contributed by atoms with E-state index in [9.17, 15) is 50.4 Å². The maximum absolute atomic E-state index is 14.0. The van der Waals surface area contributed by atoms with Gasteiger partial charge in [0.05, 0.1) is 21.5 Å². The molecule has 0 saturated heterocycles. The van der Waals surface area contributed by atoms with Crippen LogP contribution >= 0.6 is 0 Å². The van der Waals surface area contributed by atoms with Crippen LogP contribution in [0.3, 0.4) is 0 Å². The summed E-state index contributed by atoms with van der Waals surface area (Å²) in [5.41, 5.74) is -0.714. The third-order valence-electron chi connectivity index (χ3n) is 8.51. The molecule has 0 fully saturated rings. The van der Waals surface area contributed by atoms with Crippen LogP contribution in [0.5, 0.6) is 46.0 Å². The Kier molecular flexibility index (Phi) is 3.53. The van der Waals surface area contributed by atoms with Crippen molar-refractivity contribution in [1.29, 1.82) is 0 Å². The van der Waals surface area contributed by atoms with Crippen molar-refractivity contribution < 1.29 is 40.9 Å². The first-order valence-corrected chi connectivity index (χ1v) is 12.1. The van der Waals surface area contributed by atoms with Gasteiger partial charge in [-0.15, -0.1) is 0 Å². The summed E-state index contributed by atoms with van der Waals surface area (Å²) >= 11 is 0. The third-order valence-corrected chi connectivity index (χ3v) is 8.51. The Balaban J connectivity index is 2.05. The van der Waals surface area contributed by atoms with Gasteiger partial charge in [0.15, 0.2) is 23.0 Å². The fourth-order valence-electron chi connectivity index (χ4n) is 7.05. The van der Waals surface area contributed by atoms with E-state index in [2.05, 4.69) is 0 Å². The summed E-state index contributed by atoms with van der Waals surface area (Å²) in [7, 11) is 0. The van der Waals surface area contributed by atoms with Gasteiger partial charge in [-0.25, -0.2) is 0 Å². The Hall–Kier alpha value is -5.64. The van der Waals surface area contributed by atoms with Crippen LogP contribution in [0.2, 0.25) is 0 Å². The largest absolute Gasteiger partial charge is 0.507 e. The lowest BCUT2D eigenvalue weighted by molar-refractivity contribution is 0.372. The second-order valence-electron chi connectivity index (χ2n) is 10.4. The van der Waals surface area contributed by atoms with E-state index >= 15 is 0 Å². The molecule has 0 aromatic heterocycles. The van der Waals surface area contributed by atoms with Gasteiger partial charge in [0, 0.05) is 43.1 Å². The van der Waals surface area contributed by atoms with E-state index in [0.717, 1.165) is 0 Å². The molecule has 0 aliphatic rings. The van der Waals surface area contributed by atoms with E-state index in [-0.39, 0.29) is 53.9 Å². The van der Waals surface area contributed by atoms with Crippen molar-refractivity contribution in [3.63, 3.8) is 0 Å². The summed E-state index contributed by atoms with van der Waals surface area (Å²) in [5, 5.41) is 86.9. The lowest BCUT2D eigenvalue weighted by Gasteiger charge is -2.25. The zero-order valence-electron chi connectivity index (χ0n) is 20.5. The van der Waals surface area contributed by atoms with Gasteiger partial charge in [-0.1, -0.05) is 0 Å². The smallest absolute Gasteiger partial charge is 0.201 e. The van der Waals surface area contributed by atoms with Gasteiger partial charge in [-0.2, -0.15) is 0 Å². The average molecular weight is 536 g/mol. The molecule has 0 spiro atoms. The Labute approximate surface area is 220 Å². The molecule has 0 saturated carbocycles. The summed E-state index contributed by atoms with van der Waals surface area (Å²) < 4.78 is 0. The fraction of sp³-hybridized carbons (Fsp3) is 0.0667. The molecule has 0 radical (unpaired) electrons. The Bertz CT molecular complexity index is 2440. The second-order valence-corrected chi connectivity index (χ2v) is 10.4. The predicted octanol–water partition coefficient (Wildman–Crippen LogP) is 4.49. The highest BCUT2D eigenvalue weighted by Gasteiger charge is 2.35. The molecule has 0 amide bonds. The van der Waals surface area contributed by atoms with E-state index in [0.29, 0.717) is 21.9 Å². The van der Waals surface area contributed by atoms with Crippen molar-refractivity contribution in [2.24, 2.45) is 0 Å². The number of phenolic OH excluding ortho intramolecular Hbond substituents is 8. The van der Waals surface area contributed by atoms with Crippen molar-refractivity contribution in [2.45, 2.75) is 13.8 Å². The molecular formula is C30H16O10. The Morgan fingerprint density at radius 2 is 0.625 bits per heavy atom. The Morgan fingerprint density at radius 3 is 0.975 bits per heavy atom. The summed E-state index contributed by atoms with van der Waals surface area (Å²) in [6.45, 7) is 3.38. The maximum atomic E-state index is 14.0. The SMILES string of the molecule is Cc1cc(O)c2c(=O)c3c(O)c(O)c(O)c4c5c(O)c(O)c(O)c6c(=O)c7c(O)cc(C)c8c1c2c(c34)c(c78)c65. The number of phenols is 8. The molecule has 8 rings (SSSR count). The maximum Gasteiger partial charge on any atom is 0.201 e. The minimum Gasteiger partial charge on any atom is -0.507 e. The van der Waals surface area contributed by atoms with Gasteiger partial charge >= 0.3 is 0 Å². The van der Waals surface area contributed by atoms with Crippen molar-refractivity contribution in [3.05, 3.63) is 43.7 Å². The number of aromatic hydroxyl groups is 8. The highest BCUT2D eigenvalue weighted by Crippen LogP contribution is 2.60. The molecule has 0 aliphatic heterocycles. The van der Waals surface area contributed by atoms with Crippen LogP contribution in [0.25, 0.3) is 75.4 Å². The number of hydrogen-bond donors (Lipinski definition) is 8. The van der Waals surface area contributed by atoms with E-state index in [1.165, 1.54) is 12.1 Å².